The minimum Gasteiger partial charge on any atom is -0.303 e. The molecule has 0 aliphatic carbocycles. The van der Waals surface area contributed by atoms with Crippen molar-refractivity contribution in [3.05, 3.63) is 50.9 Å². The van der Waals surface area contributed by atoms with Crippen LogP contribution in [0.4, 0.5) is 4.39 Å². The van der Waals surface area contributed by atoms with Gasteiger partial charge in [0.25, 0.3) is 0 Å². The van der Waals surface area contributed by atoms with E-state index >= 15 is 0 Å². The topological polar surface area (TPSA) is 35.6 Å². The van der Waals surface area contributed by atoms with Gasteiger partial charge >= 0.3 is 0 Å². The molecule has 0 saturated carbocycles. The summed E-state index contributed by atoms with van der Waals surface area (Å²) in [6.45, 7) is 2.67. The molecule has 1 aromatic carbocycles. The highest BCUT2D eigenvalue weighted by molar-refractivity contribution is 7.71. The second-order valence-electron chi connectivity index (χ2n) is 5.00. The first kappa shape index (κ1) is 15.1. The van der Waals surface area contributed by atoms with Crippen molar-refractivity contribution in [1.29, 1.82) is 0 Å². The van der Waals surface area contributed by atoms with Gasteiger partial charge in [0.2, 0.25) is 0 Å². The van der Waals surface area contributed by atoms with Gasteiger partial charge in [-0.2, -0.15) is 5.10 Å². The maximum atomic E-state index is 13.0. The predicted octanol–water partition coefficient (Wildman–Crippen LogP) is 3.76. The van der Waals surface area contributed by atoms with Gasteiger partial charge in [0.15, 0.2) is 10.6 Å². The highest BCUT2D eigenvalue weighted by atomic mass is 32.1. The lowest BCUT2D eigenvalue weighted by atomic mass is 10.2. The van der Waals surface area contributed by atoms with Crippen LogP contribution in [0.2, 0.25) is 0 Å². The van der Waals surface area contributed by atoms with E-state index in [1.165, 1.54) is 12.1 Å². The molecule has 0 aliphatic rings. The van der Waals surface area contributed by atoms with Gasteiger partial charge in [0.1, 0.15) is 5.82 Å². The van der Waals surface area contributed by atoms with Crippen LogP contribution in [0.5, 0.6) is 0 Å². The molecule has 0 radical (unpaired) electrons. The Morgan fingerprint density at radius 1 is 1.27 bits per heavy atom. The van der Waals surface area contributed by atoms with Crippen LogP contribution in [0, 0.1) is 17.5 Å². The second-order valence-corrected chi connectivity index (χ2v) is 6.43. The number of rotatable bonds is 4. The molecule has 2 heterocycles. The Morgan fingerprint density at radius 2 is 2.00 bits per heavy atom. The molecule has 0 atom stereocenters. The molecule has 0 spiro atoms. The van der Waals surface area contributed by atoms with Crippen molar-refractivity contribution in [1.82, 2.24) is 19.3 Å². The molecule has 7 heteroatoms. The van der Waals surface area contributed by atoms with Gasteiger partial charge in [-0.05, 0) is 43.4 Å². The van der Waals surface area contributed by atoms with Crippen molar-refractivity contribution in [2.75, 3.05) is 0 Å². The van der Waals surface area contributed by atoms with Gasteiger partial charge in [0, 0.05) is 31.0 Å². The van der Waals surface area contributed by atoms with Crippen LogP contribution in [0.15, 0.2) is 29.6 Å². The van der Waals surface area contributed by atoms with Crippen molar-refractivity contribution < 1.29 is 4.39 Å². The minimum atomic E-state index is -0.261. The molecule has 0 unspecified atom stereocenters. The molecule has 0 amide bonds. The van der Waals surface area contributed by atoms with E-state index in [0.717, 1.165) is 28.5 Å². The number of aromatic nitrogens is 4. The molecule has 3 rings (SSSR count). The highest BCUT2D eigenvalue weighted by Crippen LogP contribution is 2.18. The quantitative estimate of drug-likeness (QED) is 0.682. The van der Waals surface area contributed by atoms with Gasteiger partial charge < -0.3 is 4.57 Å². The Hall–Kier alpha value is -1.86. The summed E-state index contributed by atoms with van der Waals surface area (Å²) in [6.07, 6.45) is 0.790. The highest BCUT2D eigenvalue weighted by Gasteiger charge is 2.10. The third-order valence-electron chi connectivity index (χ3n) is 3.39. The molecule has 0 N–H and O–H groups in total. The fraction of sp³-hybridized carbons (Fsp3) is 0.267. The molecule has 0 aliphatic heterocycles. The van der Waals surface area contributed by atoms with E-state index in [9.17, 15) is 4.39 Å². The molecule has 4 nitrogen and oxygen atoms in total. The Labute approximate surface area is 136 Å². The molecule has 0 saturated heterocycles. The van der Waals surface area contributed by atoms with Gasteiger partial charge in [-0.3, -0.25) is 0 Å². The largest absolute Gasteiger partial charge is 0.303 e. The van der Waals surface area contributed by atoms with E-state index < -0.39 is 0 Å². The lowest BCUT2D eigenvalue weighted by molar-refractivity contribution is 0.596. The van der Waals surface area contributed by atoms with Gasteiger partial charge in [-0.15, -0.1) is 11.3 Å². The van der Waals surface area contributed by atoms with Crippen LogP contribution in [0.25, 0.3) is 11.4 Å². The summed E-state index contributed by atoms with van der Waals surface area (Å²) in [5.74, 6) is 0.475. The molecular formula is C15H15FN4S2. The van der Waals surface area contributed by atoms with Crippen molar-refractivity contribution in [2.45, 2.75) is 19.9 Å². The number of thiazole rings is 1. The van der Waals surface area contributed by atoms with E-state index in [0.29, 0.717) is 11.3 Å². The average molecular weight is 334 g/mol. The summed E-state index contributed by atoms with van der Waals surface area (Å²) in [4.78, 5) is 4.45. The Bertz CT molecular complexity index is 845. The first-order valence-electron chi connectivity index (χ1n) is 6.85. The smallest absolute Gasteiger partial charge is 0.197 e. The zero-order valence-electron chi connectivity index (χ0n) is 12.3. The number of aryl methyl sites for hydroxylation is 3. The number of halogens is 1. The lowest BCUT2D eigenvalue weighted by Gasteiger charge is -1.99. The van der Waals surface area contributed by atoms with E-state index in [1.54, 1.807) is 28.2 Å². The monoisotopic (exact) mass is 334 g/mol. The molecular weight excluding hydrogens is 319 g/mol. The third kappa shape index (κ3) is 3.00. The number of benzene rings is 1. The maximum absolute atomic E-state index is 13.0. The molecule has 22 heavy (non-hydrogen) atoms. The Balaban J connectivity index is 1.85. The van der Waals surface area contributed by atoms with Crippen LogP contribution in [-0.2, 0) is 20.0 Å². The van der Waals surface area contributed by atoms with Gasteiger partial charge in [-0.25, -0.2) is 14.1 Å². The van der Waals surface area contributed by atoms with Crippen LogP contribution in [-0.4, -0.2) is 19.3 Å². The minimum absolute atomic E-state index is 0.261. The van der Waals surface area contributed by atoms with E-state index in [-0.39, 0.29) is 5.82 Å². The zero-order valence-corrected chi connectivity index (χ0v) is 13.9. The van der Waals surface area contributed by atoms with Crippen LogP contribution in [0.3, 0.4) is 0 Å². The number of hydrogen-bond donors (Lipinski definition) is 0. The van der Waals surface area contributed by atoms with E-state index in [4.69, 9.17) is 12.2 Å². The zero-order chi connectivity index (χ0) is 15.7. The van der Waals surface area contributed by atoms with Crippen molar-refractivity contribution >= 4 is 23.6 Å². The van der Waals surface area contributed by atoms with Crippen molar-refractivity contribution in [3.63, 3.8) is 0 Å². The van der Waals surface area contributed by atoms with Crippen molar-refractivity contribution in [3.8, 4) is 11.4 Å². The van der Waals surface area contributed by atoms with E-state index in [1.807, 2.05) is 18.5 Å². The van der Waals surface area contributed by atoms with Crippen LogP contribution >= 0.6 is 23.6 Å². The fourth-order valence-corrected chi connectivity index (χ4v) is 3.09. The maximum Gasteiger partial charge on any atom is 0.197 e. The Kier molecular flexibility index (Phi) is 4.17. The standard InChI is InChI=1S/C15H15FN4S2/c1-10-17-13(9-22-10)7-8-20-15(21)19(2)14(18-20)11-3-5-12(16)6-4-11/h3-6,9H,7-8H2,1-2H3. The summed E-state index contributed by atoms with van der Waals surface area (Å²) < 4.78 is 17.3. The molecule has 114 valence electrons. The van der Waals surface area contributed by atoms with Crippen molar-refractivity contribution in [2.24, 2.45) is 7.05 Å². The third-order valence-corrected chi connectivity index (χ3v) is 4.70. The SMILES string of the molecule is Cc1nc(CCn2nc(-c3ccc(F)cc3)n(C)c2=S)cs1. The number of nitrogens with zero attached hydrogens (tertiary/aromatic N) is 4. The van der Waals surface area contributed by atoms with E-state index in [2.05, 4.69) is 15.5 Å². The Morgan fingerprint density at radius 3 is 2.64 bits per heavy atom. The van der Waals surface area contributed by atoms with Crippen LogP contribution in [0.1, 0.15) is 10.7 Å². The second kappa shape index (κ2) is 6.10. The molecule has 0 bridgehead atoms. The fourth-order valence-electron chi connectivity index (χ4n) is 2.23. The molecule has 2 aromatic heterocycles. The first-order chi connectivity index (χ1) is 10.5. The summed E-state index contributed by atoms with van der Waals surface area (Å²) in [5, 5.41) is 7.68. The predicted molar refractivity (Wildman–Crippen MR) is 88.0 cm³/mol. The molecule has 3 aromatic rings. The average Bonchev–Trinajstić information content (AvgIpc) is 3.04. The summed E-state index contributed by atoms with van der Waals surface area (Å²) >= 11 is 7.07. The first-order valence-corrected chi connectivity index (χ1v) is 8.14. The lowest BCUT2D eigenvalue weighted by Crippen LogP contribution is -2.04. The summed E-state index contributed by atoms with van der Waals surface area (Å²) in [6, 6.07) is 6.27. The summed E-state index contributed by atoms with van der Waals surface area (Å²) in [5.41, 5.74) is 1.90. The van der Waals surface area contributed by atoms with Gasteiger partial charge in [-0.1, -0.05) is 0 Å². The van der Waals surface area contributed by atoms with Crippen LogP contribution < -0.4 is 0 Å². The normalized spacial score (nSPS) is 11.0. The number of hydrogen-bond acceptors (Lipinski definition) is 4. The van der Waals surface area contributed by atoms with Gasteiger partial charge in [0.05, 0.1) is 10.7 Å². The summed E-state index contributed by atoms with van der Waals surface area (Å²) in [7, 11) is 1.87. The molecule has 0 fully saturated rings.